The minimum Gasteiger partial charge on any atom is -0.483 e. The van der Waals surface area contributed by atoms with Crippen LogP contribution in [0.25, 0.3) is 23.1 Å². The fraction of sp³-hybridized carbons (Fsp3) is 0.438. The number of hydrogen-bond donors (Lipinski definition) is 4. The summed E-state index contributed by atoms with van der Waals surface area (Å²) in [7, 11) is 0. The van der Waals surface area contributed by atoms with Crippen molar-refractivity contribution in [3.05, 3.63) is 204 Å². The van der Waals surface area contributed by atoms with E-state index < -0.39 is 54.7 Å². The minimum atomic E-state index is -1.39. The van der Waals surface area contributed by atoms with Crippen LogP contribution in [0.4, 0.5) is 0 Å². The van der Waals surface area contributed by atoms with Crippen molar-refractivity contribution in [2.24, 2.45) is 23.7 Å². The highest BCUT2D eigenvalue weighted by molar-refractivity contribution is 5.90. The van der Waals surface area contributed by atoms with E-state index in [1.807, 2.05) is 13.0 Å². The minimum absolute atomic E-state index is 0.00136. The van der Waals surface area contributed by atoms with Gasteiger partial charge in [-0.1, -0.05) is 134 Å². The Labute approximate surface area is 497 Å². The van der Waals surface area contributed by atoms with Crippen molar-refractivity contribution in [1.29, 1.82) is 0 Å². The zero-order valence-corrected chi connectivity index (χ0v) is 48.8. The van der Waals surface area contributed by atoms with Crippen LogP contribution in [0.3, 0.4) is 0 Å². The maximum absolute atomic E-state index is 15.8. The number of hydrogen-bond acceptors (Lipinski definition) is 12. The van der Waals surface area contributed by atoms with E-state index in [4.69, 9.17) is 23.4 Å². The van der Waals surface area contributed by atoms with Gasteiger partial charge in [0, 0.05) is 46.8 Å². The highest BCUT2D eigenvalue weighted by atomic mass is 16.6. The van der Waals surface area contributed by atoms with Crippen molar-refractivity contribution in [3.8, 4) is 5.75 Å². The van der Waals surface area contributed by atoms with E-state index in [2.05, 4.69) is 115 Å². The van der Waals surface area contributed by atoms with Gasteiger partial charge in [-0.05, 0) is 181 Å². The van der Waals surface area contributed by atoms with E-state index in [9.17, 15) is 25.2 Å². The molecule has 0 spiro atoms. The Morgan fingerprint density at radius 2 is 1.59 bits per heavy atom. The van der Waals surface area contributed by atoms with E-state index in [-0.39, 0.29) is 108 Å². The molecule has 14 rings (SSSR count). The van der Waals surface area contributed by atoms with Gasteiger partial charge in [0.1, 0.15) is 23.7 Å². The lowest BCUT2D eigenvalue weighted by Gasteiger charge is -2.48. The number of carbonyl (C=O) groups is 2. The van der Waals surface area contributed by atoms with Crippen LogP contribution < -0.4 is 10.4 Å². The smallest absolute Gasteiger partial charge is 0.340 e. The van der Waals surface area contributed by atoms with Crippen LogP contribution >= 0.6 is 0 Å². The van der Waals surface area contributed by atoms with E-state index >= 15 is 9.59 Å². The number of aryl methyl sites for hydroxylation is 1. The van der Waals surface area contributed by atoms with Crippen LogP contribution in [0.15, 0.2) is 142 Å². The molecule has 5 aliphatic carbocycles. The first-order valence-electron chi connectivity index (χ1n) is 31.1. The SMILES string of the molecule is C/C(CO)=C1\CCc2ccc(cc2)[C@@H]2CC[C@@H](c3cccc([C@@]45CCCC[C@@H]4C=Cc4ccccc45)c3)C[C@@H]2CC(=O)O[C@@H]2c3c(ccc4c(CO)c([C@H](CCO)COCO)c(=O)oc34)O[C@@](C)([C@H]3C[C@@H]4C=Cc5ccccc5[C@@H]4C3)[C@H]2OC1=O. The Morgan fingerprint density at radius 3 is 2.40 bits per heavy atom. The molecule has 3 aliphatic heterocycles. The average Bonchev–Trinajstić information content (AvgIpc) is 2.29. The van der Waals surface area contributed by atoms with Gasteiger partial charge < -0.3 is 43.8 Å². The quantitative estimate of drug-likeness (QED) is 0.0418. The number of aliphatic hydroxyl groups excluding tert-OH is 4. The van der Waals surface area contributed by atoms with Crippen molar-refractivity contribution >= 4 is 35.1 Å². The van der Waals surface area contributed by atoms with Gasteiger partial charge in [0.05, 0.1) is 25.4 Å². The summed E-state index contributed by atoms with van der Waals surface area (Å²) < 4.78 is 33.2. The number of allylic oxidation sites excluding steroid dienone is 2. The largest absolute Gasteiger partial charge is 0.483 e. The number of rotatable bonds is 11. The molecule has 12 heteroatoms. The lowest BCUT2D eigenvalue weighted by Crippen LogP contribution is -2.58. The summed E-state index contributed by atoms with van der Waals surface area (Å²) >= 11 is 0. The van der Waals surface area contributed by atoms with Gasteiger partial charge in [0.25, 0.3) is 0 Å². The van der Waals surface area contributed by atoms with E-state index in [1.165, 1.54) is 40.7 Å². The molecule has 5 aromatic carbocycles. The van der Waals surface area contributed by atoms with E-state index in [0.29, 0.717) is 41.7 Å². The van der Waals surface area contributed by atoms with Crippen LogP contribution in [0.1, 0.15) is 182 Å². The standard InChI is InChI=1S/C73H78O12/c1-43(39-75)56-27-19-44-17-20-46(21-18-44)57-28-25-49(48-12-9-14-54(35-48)73-32-8-7-13-53(73)26-24-47-11-4-6-16-62(47)73)34-52(57)37-64(78)82-68-66-63(30-29-59-61(40-76)65(71(80)83-67(59)66)51(31-33-74)41-81-42-77)85-72(2,69(68)84-70(56)79)55-36-50-23-22-45-10-3-5-15-58(45)60(50)38-55/h3-6,9-12,14-18,20-24,26,29-30,35,49-53,55,57,60,68-69,74-77H,7-8,13,19,25,27-28,31-34,36-42H2,1-2H3/b56-43-/t49-,50+,51-,52-,53-,55+,57+,60-,68-,69+,72+,73-/m1/s1. The molecule has 442 valence electrons. The first kappa shape index (κ1) is 57.2. The van der Waals surface area contributed by atoms with Crippen molar-refractivity contribution < 1.29 is 53.4 Å². The molecule has 12 nitrogen and oxygen atoms in total. The Kier molecular flexibility index (Phi) is 16.0. The van der Waals surface area contributed by atoms with Crippen molar-refractivity contribution in [2.45, 2.75) is 151 Å². The van der Waals surface area contributed by atoms with Crippen molar-refractivity contribution in [1.82, 2.24) is 0 Å². The zero-order valence-electron chi connectivity index (χ0n) is 48.8. The molecule has 8 aliphatic rings. The maximum atomic E-state index is 15.8. The first-order chi connectivity index (χ1) is 41.4. The lowest BCUT2D eigenvalue weighted by atomic mass is 9.56. The summed E-state index contributed by atoms with van der Waals surface area (Å²) in [6.45, 7) is 1.62. The summed E-state index contributed by atoms with van der Waals surface area (Å²) in [5, 5.41) is 42.2. The monoisotopic (exact) mass is 1150 g/mol. The van der Waals surface area contributed by atoms with Crippen LogP contribution in [-0.2, 0) is 42.2 Å². The molecule has 2 bridgehead atoms. The third kappa shape index (κ3) is 10.2. The summed E-state index contributed by atoms with van der Waals surface area (Å²) in [5.41, 5.74) is 8.86. The number of carbonyl (C=O) groups excluding carboxylic acids is 2. The molecule has 3 saturated carbocycles. The van der Waals surface area contributed by atoms with Gasteiger partial charge in [-0.3, -0.25) is 4.79 Å². The molecule has 0 unspecified atom stereocenters. The molecule has 0 saturated heterocycles. The molecule has 0 amide bonds. The number of ether oxygens (including phenoxy) is 4. The van der Waals surface area contributed by atoms with Gasteiger partial charge in [-0.25, -0.2) is 9.59 Å². The average molecular weight is 1150 g/mol. The second-order valence-corrected chi connectivity index (χ2v) is 25.6. The van der Waals surface area contributed by atoms with E-state index in [1.54, 1.807) is 19.1 Å². The summed E-state index contributed by atoms with van der Waals surface area (Å²) in [6, 6.07) is 38.7. The molecular weight excluding hydrogens is 1070 g/mol. The Morgan fingerprint density at radius 1 is 0.776 bits per heavy atom. The summed E-state index contributed by atoms with van der Waals surface area (Å²) in [4.78, 5) is 45.8. The highest BCUT2D eigenvalue weighted by Crippen LogP contribution is 2.59. The van der Waals surface area contributed by atoms with Crippen molar-refractivity contribution in [2.75, 3.05) is 26.6 Å². The number of fused-ring (bicyclic) bond motifs is 17. The molecule has 4 heterocycles. The predicted octanol–water partition coefficient (Wildman–Crippen LogP) is 12.7. The predicted molar refractivity (Wildman–Crippen MR) is 325 cm³/mol. The number of benzene rings is 5. The Hall–Kier alpha value is -6.93. The molecule has 1 aromatic heterocycles. The molecule has 12 atom stereocenters. The van der Waals surface area contributed by atoms with Crippen LogP contribution in [0, 0.1) is 23.7 Å². The van der Waals surface area contributed by atoms with Crippen molar-refractivity contribution in [3.63, 3.8) is 0 Å². The van der Waals surface area contributed by atoms with E-state index in [0.717, 1.165) is 48.8 Å². The highest BCUT2D eigenvalue weighted by Gasteiger charge is 2.59. The fourth-order valence-corrected chi connectivity index (χ4v) is 16.9. The number of aliphatic hydroxyl groups is 4. The van der Waals surface area contributed by atoms with Crippen LogP contribution in [-0.4, -0.2) is 70.7 Å². The second kappa shape index (κ2) is 23.7. The third-order valence-electron chi connectivity index (χ3n) is 21.2. The van der Waals surface area contributed by atoms with Crippen LogP contribution in [0.5, 0.6) is 5.75 Å². The molecule has 0 radical (unpaired) electrons. The maximum Gasteiger partial charge on any atom is 0.340 e. The zero-order chi connectivity index (χ0) is 58.6. The van der Waals surface area contributed by atoms with Gasteiger partial charge in [-0.2, -0.15) is 0 Å². The lowest BCUT2D eigenvalue weighted by molar-refractivity contribution is -0.199. The topological polar surface area (TPSA) is 182 Å². The van der Waals surface area contributed by atoms with Gasteiger partial charge >= 0.3 is 17.6 Å². The molecule has 3 fully saturated rings. The Balaban J connectivity index is 0.938. The number of esters is 2. The van der Waals surface area contributed by atoms with Gasteiger partial charge in [-0.15, -0.1) is 0 Å². The fourth-order valence-electron chi connectivity index (χ4n) is 16.9. The van der Waals surface area contributed by atoms with Gasteiger partial charge in [0.2, 0.25) is 0 Å². The molecule has 4 N–H and O–H groups in total. The summed E-state index contributed by atoms with van der Waals surface area (Å²) in [5.74, 6) is -1.25. The summed E-state index contributed by atoms with van der Waals surface area (Å²) in [6.07, 6.45) is 15.8. The normalized spacial score (nSPS) is 29.6. The first-order valence-corrected chi connectivity index (χ1v) is 31.1. The molecular formula is C73H78O12. The van der Waals surface area contributed by atoms with Gasteiger partial charge in [0.15, 0.2) is 12.2 Å². The van der Waals surface area contributed by atoms with Crippen LogP contribution in [0.2, 0.25) is 0 Å². The molecule has 85 heavy (non-hydrogen) atoms. The third-order valence-corrected chi connectivity index (χ3v) is 21.2. The molecule has 6 aromatic rings. The Bertz CT molecular complexity index is 3670. The second-order valence-electron chi connectivity index (χ2n) is 25.6.